The molecule has 31 heavy (non-hydrogen) atoms. The molecule has 1 atom stereocenters. The number of piperidine rings is 1. The number of aryl methyl sites for hydroxylation is 1. The second kappa shape index (κ2) is 7.85. The number of aromatic nitrogens is 2. The number of anilines is 1. The van der Waals surface area contributed by atoms with Gasteiger partial charge in [-0.3, -0.25) is 4.79 Å². The van der Waals surface area contributed by atoms with Gasteiger partial charge in [-0.1, -0.05) is 23.4 Å². The first-order chi connectivity index (χ1) is 14.9. The van der Waals surface area contributed by atoms with Crippen molar-refractivity contribution in [3.8, 4) is 11.4 Å². The summed E-state index contributed by atoms with van der Waals surface area (Å²) in [6.07, 6.45) is 2.19. The molecular formula is C21H22N4O4S2. The molecule has 0 saturated carbocycles. The SMILES string of the molecule is Cc1nc(-c2csc(S(=O)(=O)N3CCCC(C(=O)N4CCc5ccccc54)C3)c2)no1. The molecule has 1 unspecified atom stereocenters. The Morgan fingerprint density at radius 3 is 2.90 bits per heavy atom. The normalized spacial score (nSPS) is 19.5. The molecule has 2 aliphatic rings. The van der Waals surface area contributed by atoms with Gasteiger partial charge in [0.05, 0.1) is 5.92 Å². The average molecular weight is 459 g/mol. The lowest BCUT2D eigenvalue weighted by Gasteiger charge is -2.33. The van der Waals surface area contributed by atoms with E-state index < -0.39 is 10.0 Å². The van der Waals surface area contributed by atoms with Gasteiger partial charge < -0.3 is 9.42 Å². The first kappa shape index (κ1) is 20.3. The van der Waals surface area contributed by atoms with Gasteiger partial charge in [-0.15, -0.1) is 11.3 Å². The van der Waals surface area contributed by atoms with E-state index in [9.17, 15) is 13.2 Å². The van der Waals surface area contributed by atoms with Crippen LogP contribution in [0.4, 0.5) is 5.69 Å². The molecule has 8 nitrogen and oxygen atoms in total. The van der Waals surface area contributed by atoms with E-state index in [4.69, 9.17) is 4.52 Å². The Balaban J connectivity index is 1.34. The first-order valence-electron chi connectivity index (χ1n) is 10.2. The van der Waals surface area contributed by atoms with Gasteiger partial charge in [-0.25, -0.2) is 8.42 Å². The molecule has 2 aliphatic heterocycles. The van der Waals surface area contributed by atoms with Crippen molar-refractivity contribution in [2.75, 3.05) is 24.5 Å². The smallest absolute Gasteiger partial charge is 0.252 e. The van der Waals surface area contributed by atoms with Gasteiger partial charge in [-0.05, 0) is 37.0 Å². The minimum atomic E-state index is -3.70. The van der Waals surface area contributed by atoms with E-state index in [-0.39, 0.29) is 22.6 Å². The number of para-hydroxylation sites is 1. The zero-order valence-electron chi connectivity index (χ0n) is 17.0. The van der Waals surface area contributed by atoms with Crippen molar-refractivity contribution in [2.24, 2.45) is 5.92 Å². The quantitative estimate of drug-likeness (QED) is 0.596. The van der Waals surface area contributed by atoms with Crippen LogP contribution >= 0.6 is 11.3 Å². The van der Waals surface area contributed by atoms with Gasteiger partial charge in [0.2, 0.25) is 17.6 Å². The van der Waals surface area contributed by atoms with Crippen LogP contribution in [0.1, 0.15) is 24.3 Å². The molecular weight excluding hydrogens is 436 g/mol. The Morgan fingerprint density at radius 2 is 2.10 bits per heavy atom. The lowest BCUT2D eigenvalue weighted by Crippen LogP contribution is -2.46. The number of carbonyl (C=O) groups is 1. The van der Waals surface area contributed by atoms with E-state index in [0.717, 1.165) is 23.4 Å². The molecule has 1 aromatic carbocycles. The third kappa shape index (κ3) is 3.68. The zero-order valence-corrected chi connectivity index (χ0v) is 18.7. The fourth-order valence-electron chi connectivity index (χ4n) is 4.26. The van der Waals surface area contributed by atoms with E-state index in [0.29, 0.717) is 43.2 Å². The summed E-state index contributed by atoms with van der Waals surface area (Å²) in [5, 5.41) is 5.57. The Bertz CT molecular complexity index is 1230. The molecule has 4 heterocycles. The van der Waals surface area contributed by atoms with Crippen molar-refractivity contribution in [2.45, 2.75) is 30.4 Å². The second-order valence-electron chi connectivity index (χ2n) is 7.86. The standard InChI is InChI=1S/C21H22N4O4S2/c1-14-22-20(23-29-14)17-11-19(30-13-17)31(27,28)24-9-4-6-16(12-24)21(26)25-10-8-15-5-2-3-7-18(15)25/h2-3,5,7,11,13,16H,4,6,8-10,12H2,1H3. The summed E-state index contributed by atoms with van der Waals surface area (Å²) in [4.78, 5) is 19.2. The zero-order chi connectivity index (χ0) is 21.6. The molecule has 0 N–H and O–H groups in total. The Labute approximate surface area is 184 Å². The second-order valence-corrected chi connectivity index (χ2v) is 10.9. The Hall–Kier alpha value is -2.56. The van der Waals surface area contributed by atoms with Gasteiger partial charge >= 0.3 is 0 Å². The maximum atomic E-state index is 13.3. The largest absolute Gasteiger partial charge is 0.339 e. The number of fused-ring (bicyclic) bond motifs is 1. The highest BCUT2D eigenvalue weighted by Crippen LogP contribution is 2.34. The van der Waals surface area contributed by atoms with Gasteiger partial charge in [0, 0.05) is 43.2 Å². The lowest BCUT2D eigenvalue weighted by molar-refractivity contribution is -0.123. The third-order valence-electron chi connectivity index (χ3n) is 5.84. The molecule has 162 valence electrons. The third-order valence-corrected chi connectivity index (χ3v) is 9.12. The summed E-state index contributed by atoms with van der Waals surface area (Å²) in [5.41, 5.74) is 2.73. The maximum Gasteiger partial charge on any atom is 0.252 e. The molecule has 0 spiro atoms. The minimum Gasteiger partial charge on any atom is -0.339 e. The van der Waals surface area contributed by atoms with Gasteiger partial charge in [0.1, 0.15) is 4.21 Å². The van der Waals surface area contributed by atoms with Crippen molar-refractivity contribution in [1.82, 2.24) is 14.4 Å². The molecule has 0 radical (unpaired) electrons. The molecule has 2 aromatic heterocycles. The van der Waals surface area contributed by atoms with E-state index in [1.807, 2.05) is 29.2 Å². The van der Waals surface area contributed by atoms with Crippen LogP contribution < -0.4 is 4.90 Å². The fourth-order valence-corrected chi connectivity index (χ4v) is 7.10. The lowest BCUT2D eigenvalue weighted by atomic mass is 9.98. The number of hydrogen-bond donors (Lipinski definition) is 0. The van der Waals surface area contributed by atoms with Crippen LogP contribution in [0.3, 0.4) is 0 Å². The molecule has 10 heteroatoms. The van der Waals surface area contributed by atoms with Gasteiger partial charge in [0.15, 0.2) is 0 Å². The summed E-state index contributed by atoms with van der Waals surface area (Å²) in [7, 11) is -3.70. The number of amides is 1. The van der Waals surface area contributed by atoms with Crippen molar-refractivity contribution in [3.63, 3.8) is 0 Å². The van der Waals surface area contributed by atoms with Gasteiger partial charge in [0.25, 0.3) is 10.0 Å². The minimum absolute atomic E-state index is 0.0130. The number of rotatable bonds is 4. The monoisotopic (exact) mass is 458 g/mol. The van der Waals surface area contributed by atoms with Gasteiger partial charge in [-0.2, -0.15) is 9.29 Å². The summed E-state index contributed by atoms with van der Waals surface area (Å²) in [6, 6.07) is 9.49. The predicted molar refractivity (Wildman–Crippen MR) is 116 cm³/mol. The summed E-state index contributed by atoms with van der Waals surface area (Å²) >= 11 is 1.13. The van der Waals surface area contributed by atoms with Crippen molar-refractivity contribution >= 4 is 33.0 Å². The summed E-state index contributed by atoms with van der Waals surface area (Å²) in [5.74, 6) is 0.467. The predicted octanol–water partition coefficient (Wildman–Crippen LogP) is 3.10. The molecule has 1 amide bonds. The average Bonchev–Trinajstić information content (AvgIpc) is 3.52. The van der Waals surface area contributed by atoms with Crippen LogP contribution in [0.5, 0.6) is 0 Å². The summed E-state index contributed by atoms with van der Waals surface area (Å²) in [6.45, 7) is 2.95. The summed E-state index contributed by atoms with van der Waals surface area (Å²) < 4.78 is 33.2. The first-order valence-corrected chi connectivity index (χ1v) is 12.5. The fraction of sp³-hybridized carbons (Fsp3) is 0.381. The molecule has 0 bridgehead atoms. The van der Waals surface area contributed by atoms with Crippen molar-refractivity contribution in [3.05, 3.63) is 47.2 Å². The number of nitrogens with zero attached hydrogens (tertiary/aromatic N) is 4. The van der Waals surface area contributed by atoms with Crippen molar-refractivity contribution in [1.29, 1.82) is 0 Å². The van der Waals surface area contributed by atoms with Crippen LogP contribution in [-0.4, -0.2) is 48.4 Å². The number of hydrogen-bond acceptors (Lipinski definition) is 7. The van der Waals surface area contributed by atoms with Crippen LogP contribution in [0.15, 0.2) is 44.4 Å². The maximum absolute atomic E-state index is 13.3. The number of sulfonamides is 1. The number of thiophene rings is 1. The van der Waals surface area contributed by atoms with Crippen molar-refractivity contribution < 1.29 is 17.7 Å². The Morgan fingerprint density at radius 1 is 1.26 bits per heavy atom. The highest BCUT2D eigenvalue weighted by molar-refractivity contribution is 7.91. The molecule has 5 rings (SSSR count). The molecule has 3 aromatic rings. The van der Waals surface area contributed by atoms with E-state index in [1.54, 1.807) is 18.4 Å². The highest BCUT2D eigenvalue weighted by Gasteiger charge is 2.37. The van der Waals surface area contributed by atoms with Crippen LogP contribution in [0.25, 0.3) is 11.4 Å². The topological polar surface area (TPSA) is 96.6 Å². The van der Waals surface area contributed by atoms with E-state index in [1.165, 1.54) is 9.87 Å². The van der Waals surface area contributed by atoms with E-state index >= 15 is 0 Å². The van der Waals surface area contributed by atoms with Crippen LogP contribution in [0.2, 0.25) is 0 Å². The number of carbonyl (C=O) groups excluding carboxylic acids is 1. The molecule has 1 fully saturated rings. The van der Waals surface area contributed by atoms with E-state index in [2.05, 4.69) is 10.1 Å². The molecule has 0 aliphatic carbocycles. The van der Waals surface area contributed by atoms with Crippen LogP contribution in [0, 0.1) is 12.8 Å². The number of benzene rings is 1. The Kier molecular flexibility index (Phi) is 5.15. The molecule has 1 saturated heterocycles. The highest BCUT2D eigenvalue weighted by atomic mass is 32.2. The van der Waals surface area contributed by atoms with Crippen LogP contribution in [-0.2, 0) is 21.2 Å².